The maximum absolute atomic E-state index is 12.3. The summed E-state index contributed by atoms with van der Waals surface area (Å²) in [4.78, 5) is 13.9. The van der Waals surface area contributed by atoms with Crippen molar-refractivity contribution >= 4 is 39.1 Å². The van der Waals surface area contributed by atoms with Crippen molar-refractivity contribution in [3.05, 3.63) is 57.0 Å². The van der Waals surface area contributed by atoms with E-state index in [4.69, 9.17) is 11.6 Å². The van der Waals surface area contributed by atoms with E-state index in [1.54, 1.807) is 18.2 Å². The van der Waals surface area contributed by atoms with Crippen molar-refractivity contribution in [1.29, 1.82) is 0 Å². The van der Waals surface area contributed by atoms with Crippen LogP contribution in [0.15, 0.2) is 40.9 Å². The van der Waals surface area contributed by atoms with E-state index < -0.39 is 0 Å². The average molecular weight is 339 g/mol. The minimum Gasteiger partial charge on any atom is -0.506 e. The quantitative estimate of drug-likeness (QED) is 0.855. The Morgan fingerprint density at radius 3 is 2.79 bits per heavy atom. The second kappa shape index (κ2) is 4.54. The van der Waals surface area contributed by atoms with Crippen molar-refractivity contribution in [2.75, 3.05) is 4.90 Å². The molecule has 19 heavy (non-hydrogen) atoms. The highest BCUT2D eigenvalue weighted by Crippen LogP contribution is 2.36. The van der Waals surface area contributed by atoms with Crippen LogP contribution >= 0.6 is 27.5 Å². The standard InChI is InChI=1S/C14H9BrClNO2/c15-9-1-3-11-8(5-9)7-17(14(11)19)12-6-10(16)2-4-13(12)18/h1-6,18H,7H2. The molecule has 0 atom stereocenters. The molecular weight excluding hydrogens is 330 g/mol. The van der Waals surface area contributed by atoms with E-state index >= 15 is 0 Å². The Hall–Kier alpha value is -1.52. The molecule has 5 heteroatoms. The van der Waals surface area contributed by atoms with Crippen LogP contribution in [0.25, 0.3) is 0 Å². The van der Waals surface area contributed by atoms with Gasteiger partial charge < -0.3 is 10.0 Å². The molecule has 3 nitrogen and oxygen atoms in total. The van der Waals surface area contributed by atoms with Gasteiger partial charge in [-0.3, -0.25) is 4.79 Å². The summed E-state index contributed by atoms with van der Waals surface area (Å²) >= 11 is 9.31. The third-order valence-electron chi connectivity index (χ3n) is 3.10. The normalized spacial score (nSPS) is 13.8. The summed E-state index contributed by atoms with van der Waals surface area (Å²) < 4.78 is 0.927. The van der Waals surface area contributed by atoms with E-state index in [-0.39, 0.29) is 11.7 Å². The maximum Gasteiger partial charge on any atom is 0.259 e. The zero-order valence-corrected chi connectivity index (χ0v) is 12.1. The second-order valence-corrected chi connectivity index (χ2v) is 5.68. The van der Waals surface area contributed by atoms with Crippen LogP contribution in [0, 0.1) is 0 Å². The number of anilines is 1. The van der Waals surface area contributed by atoms with E-state index in [2.05, 4.69) is 15.9 Å². The number of phenols is 1. The maximum atomic E-state index is 12.3. The monoisotopic (exact) mass is 337 g/mol. The highest BCUT2D eigenvalue weighted by Gasteiger charge is 2.30. The molecule has 1 aliphatic rings. The zero-order chi connectivity index (χ0) is 13.6. The van der Waals surface area contributed by atoms with Gasteiger partial charge in [-0.15, -0.1) is 0 Å². The highest BCUT2D eigenvalue weighted by molar-refractivity contribution is 9.10. The molecule has 1 N–H and O–H groups in total. The fraction of sp³-hybridized carbons (Fsp3) is 0.0714. The molecule has 0 aliphatic carbocycles. The topological polar surface area (TPSA) is 40.5 Å². The molecule has 0 fully saturated rings. The first-order chi connectivity index (χ1) is 9.06. The molecule has 96 valence electrons. The zero-order valence-electron chi connectivity index (χ0n) is 9.73. The number of carbonyl (C=O) groups excluding carboxylic acids is 1. The van der Waals surface area contributed by atoms with E-state index in [9.17, 15) is 9.90 Å². The Kier molecular flexibility index (Phi) is 2.99. The average Bonchev–Trinajstić information content (AvgIpc) is 2.69. The van der Waals surface area contributed by atoms with Gasteiger partial charge in [0.15, 0.2) is 0 Å². The van der Waals surface area contributed by atoms with Gasteiger partial charge in [-0.1, -0.05) is 27.5 Å². The fourth-order valence-corrected chi connectivity index (χ4v) is 2.77. The Labute approximate surface area is 123 Å². The lowest BCUT2D eigenvalue weighted by molar-refractivity contribution is 0.0996. The van der Waals surface area contributed by atoms with Crippen molar-refractivity contribution in [3.8, 4) is 5.75 Å². The minimum absolute atomic E-state index is 0.0459. The number of benzene rings is 2. The van der Waals surface area contributed by atoms with Crippen LogP contribution < -0.4 is 4.90 Å². The lowest BCUT2D eigenvalue weighted by atomic mass is 10.1. The smallest absolute Gasteiger partial charge is 0.259 e. The van der Waals surface area contributed by atoms with Gasteiger partial charge in [0.2, 0.25) is 0 Å². The number of carbonyl (C=O) groups is 1. The van der Waals surface area contributed by atoms with Crippen LogP contribution in [0.3, 0.4) is 0 Å². The first-order valence-corrected chi connectivity index (χ1v) is 6.82. The van der Waals surface area contributed by atoms with Crippen LogP contribution in [-0.2, 0) is 6.54 Å². The first-order valence-electron chi connectivity index (χ1n) is 5.65. The molecule has 0 saturated heterocycles. The first kappa shape index (κ1) is 12.5. The number of fused-ring (bicyclic) bond motifs is 1. The number of amides is 1. The van der Waals surface area contributed by atoms with Gasteiger partial charge >= 0.3 is 0 Å². The van der Waals surface area contributed by atoms with Gasteiger partial charge in [-0.25, -0.2) is 0 Å². The number of aromatic hydroxyl groups is 1. The SMILES string of the molecule is O=C1c2ccc(Br)cc2CN1c1cc(Cl)ccc1O. The van der Waals surface area contributed by atoms with Crippen molar-refractivity contribution < 1.29 is 9.90 Å². The van der Waals surface area contributed by atoms with Gasteiger partial charge in [-0.05, 0) is 42.0 Å². The lowest BCUT2D eigenvalue weighted by Gasteiger charge is -2.17. The Balaban J connectivity index is 2.06. The molecule has 0 saturated carbocycles. The van der Waals surface area contributed by atoms with Crippen molar-refractivity contribution in [3.63, 3.8) is 0 Å². The summed E-state index contributed by atoms with van der Waals surface area (Å²) in [7, 11) is 0. The third-order valence-corrected chi connectivity index (χ3v) is 3.83. The summed E-state index contributed by atoms with van der Waals surface area (Å²) in [5, 5.41) is 10.4. The van der Waals surface area contributed by atoms with Gasteiger partial charge in [0.05, 0.1) is 12.2 Å². The van der Waals surface area contributed by atoms with Crippen molar-refractivity contribution in [1.82, 2.24) is 0 Å². The molecular formula is C14H9BrClNO2. The fourth-order valence-electron chi connectivity index (χ4n) is 2.20. The Bertz CT molecular complexity index is 687. The summed E-state index contributed by atoms with van der Waals surface area (Å²) in [6.45, 7) is 0.432. The van der Waals surface area contributed by atoms with Gasteiger partial charge in [0.1, 0.15) is 5.75 Å². The van der Waals surface area contributed by atoms with E-state index in [1.165, 1.54) is 11.0 Å². The van der Waals surface area contributed by atoms with Crippen molar-refractivity contribution in [2.45, 2.75) is 6.54 Å². The molecule has 0 aromatic heterocycles. The molecule has 0 bridgehead atoms. The third kappa shape index (κ3) is 2.11. The minimum atomic E-state index is -0.125. The molecule has 2 aromatic carbocycles. The molecule has 0 unspecified atom stereocenters. The summed E-state index contributed by atoms with van der Waals surface area (Å²) in [6, 6.07) is 10.2. The van der Waals surface area contributed by atoms with E-state index in [0.717, 1.165) is 10.0 Å². The Morgan fingerprint density at radius 1 is 1.21 bits per heavy atom. The van der Waals surface area contributed by atoms with E-state index in [0.29, 0.717) is 22.8 Å². The molecule has 0 radical (unpaired) electrons. The van der Waals surface area contributed by atoms with Gasteiger partial charge in [0, 0.05) is 15.1 Å². The summed E-state index contributed by atoms with van der Waals surface area (Å²) in [6.07, 6.45) is 0. The molecule has 2 aromatic rings. The number of halogens is 2. The Morgan fingerprint density at radius 2 is 2.00 bits per heavy atom. The van der Waals surface area contributed by atoms with Crippen LogP contribution in [0.2, 0.25) is 5.02 Å². The van der Waals surface area contributed by atoms with Crippen molar-refractivity contribution in [2.24, 2.45) is 0 Å². The van der Waals surface area contributed by atoms with Gasteiger partial charge in [0.25, 0.3) is 5.91 Å². The number of rotatable bonds is 1. The van der Waals surface area contributed by atoms with E-state index in [1.807, 2.05) is 12.1 Å². The molecule has 3 rings (SSSR count). The summed E-state index contributed by atoms with van der Waals surface area (Å²) in [5.74, 6) is -0.0790. The number of nitrogens with zero attached hydrogens (tertiary/aromatic N) is 1. The number of hydrogen-bond acceptors (Lipinski definition) is 2. The van der Waals surface area contributed by atoms with Gasteiger partial charge in [-0.2, -0.15) is 0 Å². The summed E-state index contributed by atoms with van der Waals surface area (Å²) in [5.41, 5.74) is 2.02. The van der Waals surface area contributed by atoms with Crippen LogP contribution in [-0.4, -0.2) is 11.0 Å². The number of hydrogen-bond donors (Lipinski definition) is 1. The predicted octanol–water partition coefficient (Wildman–Crippen LogP) is 3.97. The molecule has 0 spiro atoms. The number of phenolic OH excluding ortho intramolecular Hbond substituents is 1. The largest absolute Gasteiger partial charge is 0.506 e. The lowest BCUT2D eigenvalue weighted by Crippen LogP contribution is -2.23. The molecule has 1 amide bonds. The van der Waals surface area contributed by atoms with Crippen LogP contribution in [0.5, 0.6) is 5.75 Å². The second-order valence-electron chi connectivity index (χ2n) is 4.33. The van der Waals surface area contributed by atoms with Crippen LogP contribution in [0.4, 0.5) is 5.69 Å². The molecule has 1 heterocycles. The molecule has 1 aliphatic heterocycles. The van der Waals surface area contributed by atoms with Crippen LogP contribution in [0.1, 0.15) is 15.9 Å². The predicted molar refractivity (Wildman–Crippen MR) is 77.8 cm³/mol. The highest BCUT2D eigenvalue weighted by atomic mass is 79.9.